The van der Waals surface area contributed by atoms with E-state index in [1.807, 2.05) is 30.3 Å². The van der Waals surface area contributed by atoms with Crippen molar-refractivity contribution in [3.63, 3.8) is 0 Å². The third kappa shape index (κ3) is 4.73. The fourth-order valence-corrected chi connectivity index (χ4v) is 3.13. The Morgan fingerprint density at radius 3 is 2.33 bits per heavy atom. The molecule has 2 aromatic carbocycles. The highest BCUT2D eigenvalue weighted by Crippen LogP contribution is 2.22. The van der Waals surface area contributed by atoms with E-state index in [2.05, 4.69) is 9.82 Å². The van der Waals surface area contributed by atoms with Gasteiger partial charge in [-0.05, 0) is 35.9 Å². The monoisotopic (exact) mass is 385 g/mol. The number of nitrogens with zero attached hydrogens (tertiary/aromatic N) is 2. The van der Waals surface area contributed by atoms with Crippen molar-refractivity contribution in [2.75, 3.05) is 18.1 Å². The van der Waals surface area contributed by atoms with Gasteiger partial charge in [-0.15, -0.1) is 0 Å². The maximum atomic E-state index is 12.7. The Balaban J connectivity index is 2.10. The summed E-state index contributed by atoms with van der Waals surface area (Å²) in [5.41, 5.74) is 1.52. The molecule has 3 rings (SSSR count). The van der Waals surface area contributed by atoms with Gasteiger partial charge in [0.25, 0.3) is 5.56 Å². The van der Waals surface area contributed by atoms with Gasteiger partial charge in [0.2, 0.25) is 10.0 Å². The first-order chi connectivity index (χ1) is 12.9. The lowest BCUT2D eigenvalue weighted by Crippen LogP contribution is -2.28. The molecule has 0 fully saturated rings. The Morgan fingerprint density at radius 2 is 1.74 bits per heavy atom. The van der Waals surface area contributed by atoms with E-state index in [-0.39, 0.29) is 12.2 Å². The second-order valence-corrected chi connectivity index (χ2v) is 7.74. The molecule has 0 atom stereocenters. The zero-order chi connectivity index (χ0) is 19.4. The van der Waals surface area contributed by atoms with Crippen LogP contribution in [0.15, 0.2) is 65.5 Å². The van der Waals surface area contributed by atoms with Crippen molar-refractivity contribution in [2.24, 2.45) is 0 Å². The van der Waals surface area contributed by atoms with Crippen molar-refractivity contribution in [1.29, 1.82) is 0 Å². The van der Waals surface area contributed by atoms with Crippen LogP contribution in [0.5, 0.6) is 5.75 Å². The van der Waals surface area contributed by atoms with Crippen LogP contribution in [-0.4, -0.2) is 31.6 Å². The molecule has 0 amide bonds. The lowest BCUT2D eigenvalue weighted by molar-refractivity contribution is 0.415. The maximum absolute atomic E-state index is 12.7. The molecule has 27 heavy (non-hydrogen) atoms. The molecule has 0 bridgehead atoms. The lowest BCUT2D eigenvalue weighted by atomic mass is 10.1. The van der Waals surface area contributed by atoms with Crippen molar-refractivity contribution in [1.82, 2.24) is 9.78 Å². The van der Waals surface area contributed by atoms with Gasteiger partial charge >= 0.3 is 0 Å². The van der Waals surface area contributed by atoms with Gasteiger partial charge in [-0.1, -0.05) is 30.3 Å². The number of aromatic nitrogens is 2. The van der Waals surface area contributed by atoms with E-state index in [1.54, 1.807) is 31.4 Å². The first-order valence-electron chi connectivity index (χ1n) is 8.14. The van der Waals surface area contributed by atoms with Crippen LogP contribution in [-0.2, 0) is 16.6 Å². The number of sulfonamides is 1. The highest BCUT2D eigenvalue weighted by atomic mass is 32.2. The lowest BCUT2D eigenvalue weighted by Gasteiger charge is -2.12. The van der Waals surface area contributed by atoms with Gasteiger partial charge in [0.1, 0.15) is 11.4 Å². The molecule has 140 valence electrons. The summed E-state index contributed by atoms with van der Waals surface area (Å²) in [6, 6.07) is 17.9. The van der Waals surface area contributed by atoms with Crippen molar-refractivity contribution in [2.45, 2.75) is 6.54 Å². The Kier molecular flexibility index (Phi) is 5.27. The normalized spacial score (nSPS) is 11.2. The van der Waals surface area contributed by atoms with Crippen LogP contribution >= 0.6 is 0 Å². The van der Waals surface area contributed by atoms with Crippen LogP contribution in [0.4, 0.5) is 5.69 Å². The molecule has 0 aliphatic carbocycles. The van der Waals surface area contributed by atoms with E-state index in [0.29, 0.717) is 11.4 Å². The second-order valence-electron chi connectivity index (χ2n) is 5.99. The number of hydrogen-bond acceptors (Lipinski definition) is 5. The molecular weight excluding hydrogens is 366 g/mol. The Hall–Kier alpha value is -3.13. The summed E-state index contributed by atoms with van der Waals surface area (Å²) in [6.45, 7) is 0.224. The van der Waals surface area contributed by atoms with Crippen molar-refractivity contribution in [3.05, 3.63) is 76.6 Å². The molecule has 0 aliphatic rings. The maximum Gasteiger partial charge on any atom is 0.291 e. The Labute approximate surface area is 157 Å². The van der Waals surface area contributed by atoms with Crippen LogP contribution < -0.4 is 15.0 Å². The molecule has 1 aromatic heterocycles. The number of hydrogen-bond donors (Lipinski definition) is 1. The smallest absolute Gasteiger partial charge is 0.291 e. The van der Waals surface area contributed by atoms with Crippen molar-refractivity contribution >= 4 is 15.7 Å². The average molecular weight is 385 g/mol. The van der Waals surface area contributed by atoms with E-state index in [4.69, 9.17) is 4.74 Å². The van der Waals surface area contributed by atoms with Crippen LogP contribution in [0.25, 0.3) is 11.3 Å². The molecule has 3 aromatic rings. The van der Waals surface area contributed by atoms with Crippen LogP contribution in [0.3, 0.4) is 0 Å². The zero-order valence-electron chi connectivity index (χ0n) is 14.9. The van der Waals surface area contributed by atoms with Gasteiger partial charge in [0.15, 0.2) is 0 Å². The summed E-state index contributed by atoms with van der Waals surface area (Å²) in [5.74, 6) is 0.686. The Morgan fingerprint density at radius 1 is 1.07 bits per heavy atom. The van der Waals surface area contributed by atoms with Gasteiger partial charge < -0.3 is 4.74 Å². The molecule has 7 nitrogen and oxygen atoms in total. The third-order valence-corrected chi connectivity index (χ3v) is 4.42. The molecule has 0 saturated carbocycles. The summed E-state index contributed by atoms with van der Waals surface area (Å²) in [7, 11) is -2.04. The van der Waals surface area contributed by atoms with Gasteiger partial charge in [-0.2, -0.15) is 5.10 Å². The second kappa shape index (κ2) is 7.63. The standard InChI is InChI=1S/C19H19N3O4S/c1-26-16-10-8-15(9-11-16)17-12-18(21-27(2,24)25)19(23)22(20-17)13-14-6-4-3-5-7-14/h3-12,21H,13H2,1-2H3. The zero-order valence-corrected chi connectivity index (χ0v) is 15.7. The highest BCUT2D eigenvalue weighted by Gasteiger charge is 2.14. The Bertz CT molecular complexity index is 1090. The molecule has 8 heteroatoms. The number of methoxy groups -OCH3 is 1. The van der Waals surface area contributed by atoms with Gasteiger partial charge in [-0.3, -0.25) is 9.52 Å². The van der Waals surface area contributed by atoms with Crippen LogP contribution in [0, 0.1) is 0 Å². The van der Waals surface area contributed by atoms with E-state index >= 15 is 0 Å². The van der Waals surface area contributed by atoms with E-state index in [9.17, 15) is 13.2 Å². The van der Waals surface area contributed by atoms with Crippen molar-refractivity contribution < 1.29 is 13.2 Å². The molecule has 0 spiro atoms. The SMILES string of the molecule is COc1ccc(-c2cc(NS(C)(=O)=O)c(=O)n(Cc3ccccc3)n2)cc1. The van der Waals surface area contributed by atoms with Gasteiger partial charge in [-0.25, -0.2) is 13.1 Å². The minimum Gasteiger partial charge on any atom is -0.497 e. The van der Waals surface area contributed by atoms with Crippen molar-refractivity contribution in [3.8, 4) is 17.0 Å². The molecule has 0 unspecified atom stereocenters. The minimum absolute atomic E-state index is 0.0470. The minimum atomic E-state index is -3.61. The summed E-state index contributed by atoms with van der Waals surface area (Å²) in [4.78, 5) is 12.7. The van der Waals surface area contributed by atoms with Gasteiger partial charge in [0, 0.05) is 5.56 Å². The predicted molar refractivity (Wildman–Crippen MR) is 104 cm³/mol. The molecule has 0 radical (unpaired) electrons. The van der Waals surface area contributed by atoms with E-state index < -0.39 is 15.6 Å². The summed E-state index contributed by atoms with van der Waals surface area (Å²) >= 11 is 0. The number of rotatable bonds is 6. The quantitative estimate of drug-likeness (QED) is 0.703. The van der Waals surface area contributed by atoms with Crippen LogP contribution in [0.1, 0.15) is 5.56 Å². The fourth-order valence-electron chi connectivity index (χ4n) is 2.58. The summed E-state index contributed by atoms with van der Waals surface area (Å²) in [5, 5.41) is 4.41. The molecule has 1 heterocycles. The number of anilines is 1. The first-order valence-corrected chi connectivity index (χ1v) is 10.0. The average Bonchev–Trinajstić information content (AvgIpc) is 2.65. The van der Waals surface area contributed by atoms with E-state index in [1.165, 1.54) is 10.7 Å². The predicted octanol–water partition coefficient (Wildman–Crippen LogP) is 2.34. The molecular formula is C19H19N3O4S. The summed E-state index contributed by atoms with van der Waals surface area (Å²) < 4.78 is 32.0. The molecule has 1 N–H and O–H groups in total. The summed E-state index contributed by atoms with van der Waals surface area (Å²) in [6.07, 6.45) is 1.00. The number of benzene rings is 2. The third-order valence-electron chi connectivity index (χ3n) is 3.83. The largest absolute Gasteiger partial charge is 0.497 e. The highest BCUT2D eigenvalue weighted by molar-refractivity contribution is 7.92. The number of nitrogens with one attached hydrogen (secondary N) is 1. The van der Waals surface area contributed by atoms with Crippen LogP contribution in [0.2, 0.25) is 0 Å². The number of ether oxygens (including phenoxy) is 1. The molecule has 0 saturated heterocycles. The van der Waals surface area contributed by atoms with E-state index in [0.717, 1.165) is 17.4 Å². The van der Waals surface area contributed by atoms with Gasteiger partial charge in [0.05, 0.1) is 25.6 Å². The fraction of sp³-hybridized carbons (Fsp3) is 0.158. The first kappa shape index (κ1) is 18.7. The molecule has 0 aliphatic heterocycles. The topological polar surface area (TPSA) is 90.3 Å².